The number of thioether (sulfide) groups is 1. The highest BCUT2D eigenvalue weighted by molar-refractivity contribution is 7.97. The summed E-state index contributed by atoms with van der Waals surface area (Å²) >= 11 is 1.70. The van der Waals surface area contributed by atoms with E-state index >= 15 is 0 Å². The van der Waals surface area contributed by atoms with Crippen molar-refractivity contribution in [3.8, 4) is 0 Å². The fourth-order valence-electron chi connectivity index (χ4n) is 1.60. The summed E-state index contributed by atoms with van der Waals surface area (Å²) in [7, 11) is 0. The number of carboxylic acids is 1. The van der Waals surface area contributed by atoms with E-state index in [1.54, 1.807) is 24.8 Å². The average Bonchev–Trinajstić information content (AvgIpc) is 2.39. The standard InChI is InChI=1S/C14H19NO3S/c1-10(14(17)18)6-7-15-13(16)12-5-3-4-11(8-12)9-19-2/h3-5,8,10H,6-7,9H2,1-2H3,(H,15,16)(H,17,18). The average molecular weight is 281 g/mol. The number of aliphatic carboxylic acids is 1. The Kier molecular flexibility index (Phi) is 6.42. The molecule has 0 radical (unpaired) electrons. The van der Waals surface area contributed by atoms with Crippen molar-refractivity contribution in [1.29, 1.82) is 0 Å². The van der Waals surface area contributed by atoms with Gasteiger partial charge < -0.3 is 10.4 Å². The molecule has 1 aromatic carbocycles. The summed E-state index contributed by atoms with van der Waals surface area (Å²) in [4.78, 5) is 22.5. The minimum absolute atomic E-state index is 0.152. The first-order valence-electron chi connectivity index (χ1n) is 6.13. The fourth-order valence-corrected chi connectivity index (χ4v) is 2.11. The summed E-state index contributed by atoms with van der Waals surface area (Å²) in [6.45, 7) is 2.01. The lowest BCUT2D eigenvalue weighted by Crippen LogP contribution is -2.27. The molecule has 1 amide bonds. The molecular formula is C14H19NO3S. The van der Waals surface area contributed by atoms with Crippen LogP contribution in [0.4, 0.5) is 0 Å². The van der Waals surface area contributed by atoms with Gasteiger partial charge in [-0.1, -0.05) is 19.1 Å². The van der Waals surface area contributed by atoms with Crippen molar-refractivity contribution in [2.45, 2.75) is 19.1 Å². The molecule has 0 saturated carbocycles. The van der Waals surface area contributed by atoms with Gasteiger partial charge in [-0.05, 0) is 30.4 Å². The van der Waals surface area contributed by atoms with Crippen LogP contribution in [0.25, 0.3) is 0 Å². The molecule has 0 saturated heterocycles. The Morgan fingerprint density at radius 1 is 1.42 bits per heavy atom. The summed E-state index contributed by atoms with van der Waals surface area (Å²) in [5.41, 5.74) is 1.73. The molecule has 5 heteroatoms. The Morgan fingerprint density at radius 2 is 2.16 bits per heavy atom. The van der Waals surface area contributed by atoms with E-state index in [-0.39, 0.29) is 5.91 Å². The van der Waals surface area contributed by atoms with E-state index in [1.165, 1.54) is 0 Å². The number of carbonyl (C=O) groups is 2. The van der Waals surface area contributed by atoms with E-state index in [4.69, 9.17) is 5.11 Å². The van der Waals surface area contributed by atoms with E-state index in [9.17, 15) is 9.59 Å². The second-order valence-electron chi connectivity index (χ2n) is 4.42. The first kappa shape index (κ1) is 15.6. The topological polar surface area (TPSA) is 66.4 Å². The van der Waals surface area contributed by atoms with Gasteiger partial charge in [0.1, 0.15) is 0 Å². The van der Waals surface area contributed by atoms with E-state index in [0.717, 1.165) is 11.3 Å². The minimum atomic E-state index is -0.837. The van der Waals surface area contributed by atoms with E-state index in [0.29, 0.717) is 18.5 Å². The Bertz CT molecular complexity index is 448. The van der Waals surface area contributed by atoms with E-state index < -0.39 is 11.9 Å². The maximum atomic E-state index is 11.9. The lowest BCUT2D eigenvalue weighted by Gasteiger charge is -2.08. The second kappa shape index (κ2) is 7.84. The van der Waals surface area contributed by atoms with Crippen molar-refractivity contribution in [2.24, 2.45) is 5.92 Å². The molecule has 1 unspecified atom stereocenters. The Hall–Kier alpha value is -1.49. The van der Waals surface area contributed by atoms with Crippen LogP contribution in [0, 0.1) is 5.92 Å². The van der Waals surface area contributed by atoms with Gasteiger partial charge in [0.2, 0.25) is 0 Å². The highest BCUT2D eigenvalue weighted by Crippen LogP contribution is 2.11. The molecule has 0 heterocycles. The molecule has 0 bridgehead atoms. The lowest BCUT2D eigenvalue weighted by molar-refractivity contribution is -0.141. The number of nitrogens with one attached hydrogen (secondary N) is 1. The fraction of sp³-hybridized carbons (Fsp3) is 0.429. The van der Waals surface area contributed by atoms with Gasteiger partial charge in [-0.25, -0.2) is 0 Å². The van der Waals surface area contributed by atoms with Crippen molar-refractivity contribution in [1.82, 2.24) is 5.32 Å². The minimum Gasteiger partial charge on any atom is -0.481 e. The molecule has 2 N–H and O–H groups in total. The zero-order chi connectivity index (χ0) is 14.3. The van der Waals surface area contributed by atoms with Crippen molar-refractivity contribution in [3.63, 3.8) is 0 Å². The molecule has 19 heavy (non-hydrogen) atoms. The van der Waals surface area contributed by atoms with Crippen LogP contribution in [-0.2, 0) is 10.5 Å². The number of amides is 1. The molecule has 0 aromatic heterocycles. The molecule has 0 aliphatic heterocycles. The maximum absolute atomic E-state index is 11.9. The predicted molar refractivity (Wildman–Crippen MR) is 77.4 cm³/mol. The molecule has 1 rings (SSSR count). The van der Waals surface area contributed by atoms with Crippen LogP contribution < -0.4 is 5.32 Å². The summed E-state index contributed by atoms with van der Waals surface area (Å²) in [5, 5.41) is 11.5. The van der Waals surface area contributed by atoms with Crippen LogP contribution in [0.15, 0.2) is 24.3 Å². The molecule has 104 valence electrons. The number of carbonyl (C=O) groups excluding carboxylic acids is 1. The Morgan fingerprint density at radius 3 is 2.79 bits per heavy atom. The quantitative estimate of drug-likeness (QED) is 0.805. The predicted octanol–water partition coefficient (Wildman–Crippen LogP) is 2.39. The highest BCUT2D eigenvalue weighted by Gasteiger charge is 2.11. The second-order valence-corrected chi connectivity index (χ2v) is 5.28. The van der Waals surface area contributed by atoms with E-state index in [1.807, 2.05) is 24.5 Å². The molecular weight excluding hydrogens is 262 g/mol. The van der Waals surface area contributed by atoms with Crippen LogP contribution in [0.1, 0.15) is 29.3 Å². The summed E-state index contributed by atoms with van der Waals surface area (Å²) in [5.74, 6) is -0.558. The molecule has 4 nitrogen and oxygen atoms in total. The SMILES string of the molecule is CSCc1cccc(C(=O)NCCC(C)C(=O)O)c1. The number of hydrogen-bond donors (Lipinski definition) is 2. The summed E-state index contributed by atoms with van der Waals surface area (Å²) in [6, 6.07) is 7.48. The van der Waals surface area contributed by atoms with Crippen molar-refractivity contribution in [3.05, 3.63) is 35.4 Å². The van der Waals surface area contributed by atoms with Crippen LogP contribution in [-0.4, -0.2) is 29.8 Å². The first-order valence-corrected chi connectivity index (χ1v) is 7.53. The third-order valence-electron chi connectivity index (χ3n) is 2.78. The zero-order valence-electron chi connectivity index (χ0n) is 11.2. The molecule has 0 fully saturated rings. The van der Waals surface area contributed by atoms with E-state index in [2.05, 4.69) is 5.32 Å². The van der Waals surface area contributed by atoms with Gasteiger partial charge in [0.15, 0.2) is 0 Å². The van der Waals surface area contributed by atoms with Gasteiger partial charge >= 0.3 is 5.97 Å². The van der Waals surface area contributed by atoms with Crippen molar-refractivity contribution in [2.75, 3.05) is 12.8 Å². The Labute approximate surface area is 117 Å². The van der Waals surface area contributed by atoms with Crippen molar-refractivity contribution >= 4 is 23.6 Å². The van der Waals surface area contributed by atoms with Crippen LogP contribution in [0.5, 0.6) is 0 Å². The smallest absolute Gasteiger partial charge is 0.306 e. The zero-order valence-corrected chi connectivity index (χ0v) is 12.0. The van der Waals surface area contributed by atoms with Crippen LogP contribution >= 0.6 is 11.8 Å². The van der Waals surface area contributed by atoms with Gasteiger partial charge in [0.05, 0.1) is 5.92 Å². The van der Waals surface area contributed by atoms with Gasteiger partial charge in [-0.15, -0.1) is 0 Å². The van der Waals surface area contributed by atoms with Gasteiger partial charge in [-0.3, -0.25) is 9.59 Å². The monoisotopic (exact) mass is 281 g/mol. The molecule has 1 atom stereocenters. The molecule has 0 aliphatic rings. The van der Waals surface area contributed by atoms with Crippen LogP contribution in [0.3, 0.4) is 0 Å². The largest absolute Gasteiger partial charge is 0.481 e. The third kappa shape index (κ3) is 5.34. The summed E-state index contributed by atoms with van der Waals surface area (Å²) < 4.78 is 0. The van der Waals surface area contributed by atoms with Crippen molar-refractivity contribution < 1.29 is 14.7 Å². The number of carboxylic acid groups (broad SMARTS) is 1. The number of rotatable bonds is 7. The first-order chi connectivity index (χ1) is 9.04. The van der Waals surface area contributed by atoms with Gasteiger partial charge in [0, 0.05) is 17.9 Å². The molecule has 1 aromatic rings. The lowest BCUT2D eigenvalue weighted by atomic mass is 10.1. The molecule has 0 spiro atoms. The number of hydrogen-bond acceptors (Lipinski definition) is 3. The van der Waals surface area contributed by atoms with Crippen LogP contribution in [0.2, 0.25) is 0 Å². The maximum Gasteiger partial charge on any atom is 0.306 e. The Balaban J connectivity index is 2.49. The normalized spacial score (nSPS) is 11.9. The van der Waals surface area contributed by atoms with Gasteiger partial charge in [0.25, 0.3) is 5.91 Å². The molecule has 0 aliphatic carbocycles. The van der Waals surface area contributed by atoms with Gasteiger partial charge in [-0.2, -0.15) is 11.8 Å². The highest BCUT2D eigenvalue weighted by atomic mass is 32.2. The summed E-state index contributed by atoms with van der Waals surface area (Å²) in [6.07, 6.45) is 2.45. The third-order valence-corrected chi connectivity index (χ3v) is 3.41. The number of benzene rings is 1.